The number of hydrogen-bond acceptors (Lipinski definition) is 7. The zero-order valence-electron chi connectivity index (χ0n) is 29.4. The monoisotopic (exact) mass is 651 g/mol. The van der Waals surface area contributed by atoms with E-state index in [0.717, 1.165) is 78.3 Å². The first kappa shape index (κ1) is 34.3. The van der Waals surface area contributed by atoms with Crippen LogP contribution >= 0.6 is 0 Å². The fraction of sp³-hybridized carbons (Fsp3) is 0.395. The Bertz CT molecular complexity index is 2030. The van der Waals surface area contributed by atoms with Gasteiger partial charge in [0.15, 0.2) is 0 Å². The van der Waals surface area contributed by atoms with Crippen LogP contribution in [0.2, 0.25) is 0 Å². The molecule has 3 aromatic heterocycles. The fourth-order valence-corrected chi connectivity index (χ4v) is 6.67. The van der Waals surface area contributed by atoms with E-state index < -0.39 is 5.41 Å². The number of hydrogen-bond donors (Lipinski definition) is 2. The first-order valence-corrected chi connectivity index (χ1v) is 16.2. The van der Waals surface area contributed by atoms with Crippen LogP contribution < -0.4 is 0 Å². The van der Waals surface area contributed by atoms with Crippen molar-refractivity contribution in [2.24, 2.45) is 0 Å². The minimum Gasteiger partial charge on any atom is -0.469 e. The van der Waals surface area contributed by atoms with Crippen LogP contribution in [0.3, 0.4) is 0 Å². The van der Waals surface area contributed by atoms with Crippen molar-refractivity contribution in [3.05, 3.63) is 75.9 Å². The molecule has 0 radical (unpaired) electrons. The zero-order valence-corrected chi connectivity index (χ0v) is 29.4. The lowest BCUT2D eigenvalue weighted by molar-refractivity contribution is -0.141. The molecule has 5 rings (SSSR count). The summed E-state index contributed by atoms with van der Waals surface area (Å²) >= 11 is 0. The number of nitrogens with zero attached hydrogens (tertiary/aromatic N) is 3. The summed E-state index contributed by atoms with van der Waals surface area (Å²) < 4.78 is 9.92. The first-order valence-electron chi connectivity index (χ1n) is 16.2. The molecule has 0 spiro atoms. The summed E-state index contributed by atoms with van der Waals surface area (Å²) in [7, 11) is 6.32. The van der Waals surface area contributed by atoms with Crippen molar-refractivity contribution in [3.8, 4) is 0 Å². The smallest absolute Gasteiger partial charge is 0.305 e. The van der Waals surface area contributed by atoms with Crippen LogP contribution in [0.15, 0.2) is 36.4 Å². The van der Waals surface area contributed by atoms with Gasteiger partial charge in [-0.2, -0.15) is 0 Å². The Morgan fingerprint density at radius 1 is 0.833 bits per heavy atom. The maximum Gasteiger partial charge on any atom is 0.305 e. The van der Waals surface area contributed by atoms with E-state index >= 15 is 0 Å². The van der Waals surface area contributed by atoms with E-state index in [-0.39, 0.29) is 37.1 Å². The van der Waals surface area contributed by atoms with Gasteiger partial charge in [0.25, 0.3) is 0 Å². The topological polar surface area (TPSA) is 130 Å². The minimum absolute atomic E-state index is 0.00664. The number of nitrogens with one attached hydrogen (secondary N) is 2. The number of H-pyrrole nitrogens is 2. The Labute approximate surface area is 281 Å². The summed E-state index contributed by atoms with van der Waals surface area (Å²) in [6, 6.07) is 10.2. The Hall–Kier alpha value is -4.99. The summed E-state index contributed by atoms with van der Waals surface area (Å²) in [5.41, 5.74) is 11.7. The molecule has 0 saturated heterocycles. The molecule has 0 aliphatic carbocycles. The van der Waals surface area contributed by atoms with Crippen molar-refractivity contribution < 1.29 is 23.9 Å². The number of carbonyl (C=O) groups is 3. The van der Waals surface area contributed by atoms with Crippen LogP contribution in [0.4, 0.5) is 0 Å². The van der Waals surface area contributed by atoms with Crippen molar-refractivity contribution >= 4 is 56.6 Å². The van der Waals surface area contributed by atoms with Crippen molar-refractivity contribution in [3.63, 3.8) is 0 Å². The van der Waals surface area contributed by atoms with Gasteiger partial charge < -0.3 is 24.3 Å². The lowest BCUT2D eigenvalue weighted by Crippen LogP contribution is -2.31. The third-order valence-electron chi connectivity index (χ3n) is 9.63. The maximum atomic E-state index is 13.2. The number of methoxy groups -OCH3 is 2. The van der Waals surface area contributed by atoms with E-state index in [1.165, 1.54) is 14.2 Å². The molecule has 1 atom stereocenters. The molecule has 10 heteroatoms. The van der Waals surface area contributed by atoms with Gasteiger partial charge in [0.05, 0.1) is 37.0 Å². The third kappa shape index (κ3) is 6.56. The highest BCUT2D eigenvalue weighted by Crippen LogP contribution is 2.45. The second-order valence-electron chi connectivity index (χ2n) is 13.0. The number of aryl methyl sites for hydroxylation is 3. The number of fused-ring (bicyclic) bond motifs is 8. The number of esters is 2. The first-order chi connectivity index (χ1) is 22.8. The summed E-state index contributed by atoms with van der Waals surface area (Å²) in [5.74, 6) is -0.576. The summed E-state index contributed by atoms with van der Waals surface area (Å²) in [4.78, 5) is 56.7. The van der Waals surface area contributed by atoms with Gasteiger partial charge in [-0.05, 0) is 111 Å². The fourth-order valence-electron chi connectivity index (χ4n) is 6.67. The summed E-state index contributed by atoms with van der Waals surface area (Å²) in [6.07, 6.45) is 3.64. The van der Waals surface area contributed by atoms with Crippen LogP contribution in [-0.4, -0.2) is 71.0 Å². The average Bonchev–Trinajstić information content (AvgIpc) is 3.71. The lowest BCUT2D eigenvalue weighted by Gasteiger charge is -2.27. The van der Waals surface area contributed by atoms with Crippen LogP contribution in [0, 0.1) is 13.8 Å². The quantitative estimate of drug-likeness (QED) is 0.257. The van der Waals surface area contributed by atoms with Gasteiger partial charge in [-0.25, -0.2) is 4.98 Å². The van der Waals surface area contributed by atoms with E-state index in [9.17, 15) is 14.4 Å². The molecule has 2 aliphatic rings. The number of allylic oxidation sites excluding steroid dienone is 4. The molecule has 0 aromatic carbocycles. The Morgan fingerprint density at radius 3 is 2.17 bits per heavy atom. The van der Waals surface area contributed by atoms with Crippen molar-refractivity contribution in [1.82, 2.24) is 24.8 Å². The lowest BCUT2D eigenvalue weighted by atomic mass is 9.76. The molecule has 48 heavy (non-hydrogen) atoms. The van der Waals surface area contributed by atoms with E-state index in [2.05, 4.69) is 35.9 Å². The Balaban J connectivity index is 1.87. The molecule has 10 nitrogen and oxygen atoms in total. The van der Waals surface area contributed by atoms with E-state index in [0.29, 0.717) is 12.8 Å². The van der Waals surface area contributed by atoms with Crippen LogP contribution in [-0.2, 0) is 35.7 Å². The molecule has 2 N–H and O–H groups in total. The molecule has 252 valence electrons. The molecule has 8 bridgehead atoms. The Morgan fingerprint density at radius 2 is 1.52 bits per heavy atom. The number of carbonyl (C=O) groups excluding carboxylic acids is 3. The van der Waals surface area contributed by atoms with E-state index in [1.807, 2.05) is 45.0 Å². The molecular weight excluding hydrogens is 606 g/mol. The SMILES string of the molecule is C/C=C1\c2cc3nc(cc4[nH]c(cc5[nH]c(cc(n2)[C@]1(C)CC(=O)N(C)C)cc5C)c(C)c4CCC(=O)OC)C(CCC(=O)OC)=C3C. The molecular formula is C38H45N5O5. The number of aromatic nitrogens is 4. The van der Waals surface area contributed by atoms with Gasteiger partial charge in [0.2, 0.25) is 5.91 Å². The second kappa shape index (κ2) is 13.6. The van der Waals surface area contributed by atoms with Gasteiger partial charge in [-0.1, -0.05) is 6.08 Å². The Kier molecular flexibility index (Phi) is 9.75. The highest BCUT2D eigenvalue weighted by atomic mass is 16.5. The van der Waals surface area contributed by atoms with E-state index in [4.69, 9.17) is 19.4 Å². The summed E-state index contributed by atoms with van der Waals surface area (Å²) in [6.45, 7) is 10.2. The van der Waals surface area contributed by atoms with Gasteiger partial charge >= 0.3 is 11.9 Å². The number of rotatable bonds is 8. The second-order valence-corrected chi connectivity index (χ2v) is 13.0. The molecule has 3 aromatic rings. The minimum atomic E-state index is -0.680. The average molecular weight is 652 g/mol. The van der Waals surface area contributed by atoms with Crippen molar-refractivity contribution in [2.75, 3.05) is 28.3 Å². The number of amides is 1. The van der Waals surface area contributed by atoms with Crippen molar-refractivity contribution in [1.29, 1.82) is 0 Å². The van der Waals surface area contributed by atoms with Gasteiger partial charge in [-0.15, -0.1) is 0 Å². The molecule has 5 heterocycles. The zero-order chi connectivity index (χ0) is 34.9. The highest BCUT2D eigenvalue weighted by molar-refractivity contribution is 5.94. The number of ether oxygens (including phenoxy) is 2. The molecule has 0 fully saturated rings. The standard InChI is InChI=1S/C38H45N5O5/c1-10-27-33-18-30-23(4)26(12-14-37(46)48-9)32(41-30)19-31-25(11-13-36(45)47-8)22(3)29(40-31)17-28-21(2)15-24(39-28)16-34(42-33)38(27,5)20-35(44)43(6)7/h10,15-19,39-40H,11-14,20H2,1-9H3/b24-16?,27-10+,28-17?,29-17?,30-18?,31-19?,32-19?,33-18?,34-16?/t38-/m1/s1. The summed E-state index contributed by atoms with van der Waals surface area (Å²) in [5, 5.41) is 0. The van der Waals surface area contributed by atoms with E-state index in [1.54, 1.807) is 19.0 Å². The predicted octanol–water partition coefficient (Wildman–Crippen LogP) is 6.76. The number of aromatic amines is 2. The molecule has 0 saturated carbocycles. The molecule has 1 amide bonds. The largest absolute Gasteiger partial charge is 0.469 e. The van der Waals surface area contributed by atoms with Crippen molar-refractivity contribution in [2.45, 2.75) is 72.1 Å². The van der Waals surface area contributed by atoms with Gasteiger partial charge in [0.1, 0.15) is 0 Å². The van der Waals surface area contributed by atoms with Crippen LogP contribution in [0.1, 0.15) is 85.9 Å². The van der Waals surface area contributed by atoms with Gasteiger partial charge in [-0.3, -0.25) is 19.4 Å². The molecule has 2 aliphatic heterocycles. The predicted molar refractivity (Wildman–Crippen MR) is 189 cm³/mol. The van der Waals surface area contributed by atoms with Gasteiger partial charge in [0, 0.05) is 60.8 Å². The molecule has 0 unspecified atom stereocenters. The van der Waals surface area contributed by atoms with Crippen LogP contribution in [0.25, 0.3) is 38.8 Å². The third-order valence-corrected chi connectivity index (χ3v) is 9.63. The highest BCUT2D eigenvalue weighted by Gasteiger charge is 2.40. The normalized spacial score (nSPS) is 16.7. The van der Waals surface area contributed by atoms with Crippen LogP contribution in [0.5, 0.6) is 0 Å². The maximum absolute atomic E-state index is 13.2.